The van der Waals surface area contributed by atoms with Gasteiger partial charge in [0.25, 0.3) is 0 Å². The second-order valence-corrected chi connectivity index (χ2v) is 2.14. The molecule has 0 bridgehead atoms. The van der Waals surface area contributed by atoms with Gasteiger partial charge in [-0.05, 0) is 13.8 Å². The average molecular weight is 156 g/mol. The standard InChI is InChI=1S/C6H8N2O3/c1-3-4(2)11-8-5(3)7-6(9)10/h1-2H3,(H,7,8)(H,9,10). The Morgan fingerprint density at radius 1 is 1.64 bits per heavy atom. The van der Waals surface area contributed by atoms with Crippen LogP contribution >= 0.6 is 0 Å². The van der Waals surface area contributed by atoms with E-state index in [2.05, 4.69) is 10.5 Å². The molecule has 1 aromatic rings. The molecule has 0 aliphatic carbocycles. The Labute approximate surface area is 63.0 Å². The first-order valence-electron chi connectivity index (χ1n) is 3.04. The normalized spacial score (nSPS) is 9.64. The van der Waals surface area contributed by atoms with Gasteiger partial charge < -0.3 is 9.63 Å². The predicted molar refractivity (Wildman–Crippen MR) is 37.6 cm³/mol. The van der Waals surface area contributed by atoms with Crippen molar-refractivity contribution in [2.45, 2.75) is 13.8 Å². The lowest BCUT2D eigenvalue weighted by Gasteiger charge is -1.93. The molecule has 0 aliphatic rings. The molecule has 0 spiro atoms. The number of rotatable bonds is 1. The minimum absolute atomic E-state index is 0.259. The molecule has 1 aromatic heterocycles. The van der Waals surface area contributed by atoms with E-state index in [1.165, 1.54) is 0 Å². The van der Waals surface area contributed by atoms with Crippen LogP contribution in [0.25, 0.3) is 0 Å². The molecule has 0 aromatic carbocycles. The van der Waals surface area contributed by atoms with Crippen LogP contribution in [0.3, 0.4) is 0 Å². The molecular formula is C6H8N2O3. The van der Waals surface area contributed by atoms with Gasteiger partial charge in [-0.1, -0.05) is 5.16 Å². The number of hydrogen-bond acceptors (Lipinski definition) is 3. The van der Waals surface area contributed by atoms with Crippen molar-refractivity contribution in [1.29, 1.82) is 0 Å². The molecule has 5 nitrogen and oxygen atoms in total. The SMILES string of the molecule is Cc1onc(NC(=O)O)c1C. The summed E-state index contributed by atoms with van der Waals surface area (Å²) in [4.78, 5) is 10.1. The largest absolute Gasteiger partial charge is 0.465 e. The van der Waals surface area contributed by atoms with Crippen molar-refractivity contribution >= 4 is 11.9 Å². The Bertz CT molecular complexity index is 279. The fourth-order valence-electron chi connectivity index (χ4n) is 0.636. The van der Waals surface area contributed by atoms with Crippen LogP contribution in [-0.2, 0) is 0 Å². The number of hydrogen-bond donors (Lipinski definition) is 2. The van der Waals surface area contributed by atoms with Gasteiger partial charge in [-0.25, -0.2) is 4.79 Å². The third kappa shape index (κ3) is 1.49. The van der Waals surface area contributed by atoms with E-state index in [1.54, 1.807) is 13.8 Å². The number of carboxylic acid groups (broad SMARTS) is 1. The lowest BCUT2D eigenvalue weighted by molar-refractivity contribution is 0.209. The van der Waals surface area contributed by atoms with Crippen LogP contribution in [0.1, 0.15) is 11.3 Å². The molecule has 0 unspecified atom stereocenters. The fraction of sp³-hybridized carbons (Fsp3) is 0.333. The second kappa shape index (κ2) is 2.61. The van der Waals surface area contributed by atoms with Crippen molar-refractivity contribution in [2.24, 2.45) is 0 Å². The maximum atomic E-state index is 10.1. The number of amides is 1. The molecule has 0 saturated heterocycles. The number of carbonyl (C=O) groups is 1. The molecule has 2 N–H and O–H groups in total. The van der Waals surface area contributed by atoms with Gasteiger partial charge in [0.2, 0.25) is 0 Å². The van der Waals surface area contributed by atoms with Crippen LogP contribution in [0.4, 0.5) is 10.6 Å². The lowest BCUT2D eigenvalue weighted by Crippen LogP contribution is -2.08. The Kier molecular flexibility index (Phi) is 1.80. The van der Waals surface area contributed by atoms with Crippen LogP contribution in [0.2, 0.25) is 0 Å². The Morgan fingerprint density at radius 3 is 2.64 bits per heavy atom. The van der Waals surface area contributed by atoms with Crippen molar-refractivity contribution < 1.29 is 14.4 Å². The van der Waals surface area contributed by atoms with Gasteiger partial charge >= 0.3 is 6.09 Å². The average Bonchev–Trinajstić information content (AvgIpc) is 2.18. The summed E-state index contributed by atoms with van der Waals surface area (Å²) in [7, 11) is 0. The summed E-state index contributed by atoms with van der Waals surface area (Å²) in [5.41, 5.74) is 0.715. The predicted octanol–water partition coefficient (Wildman–Crippen LogP) is 1.38. The first kappa shape index (κ1) is 7.59. The van der Waals surface area contributed by atoms with Gasteiger partial charge in [0.15, 0.2) is 5.82 Å². The van der Waals surface area contributed by atoms with E-state index in [0.717, 1.165) is 0 Å². The summed E-state index contributed by atoms with van der Waals surface area (Å²) < 4.78 is 4.72. The van der Waals surface area contributed by atoms with Gasteiger partial charge in [0.05, 0.1) is 0 Å². The summed E-state index contributed by atoms with van der Waals surface area (Å²) in [6, 6.07) is 0. The molecule has 0 saturated carbocycles. The molecule has 0 atom stereocenters. The summed E-state index contributed by atoms with van der Waals surface area (Å²) in [5, 5.41) is 13.9. The highest BCUT2D eigenvalue weighted by molar-refractivity contribution is 5.82. The van der Waals surface area contributed by atoms with Crippen LogP contribution in [0.15, 0.2) is 4.52 Å². The van der Waals surface area contributed by atoms with Crippen LogP contribution < -0.4 is 5.32 Å². The van der Waals surface area contributed by atoms with Crippen molar-refractivity contribution in [1.82, 2.24) is 5.16 Å². The zero-order valence-electron chi connectivity index (χ0n) is 6.21. The zero-order chi connectivity index (χ0) is 8.43. The zero-order valence-corrected chi connectivity index (χ0v) is 6.21. The van der Waals surface area contributed by atoms with E-state index in [4.69, 9.17) is 9.63 Å². The number of aromatic nitrogens is 1. The maximum Gasteiger partial charge on any atom is 0.410 e. The summed E-state index contributed by atoms with van der Waals surface area (Å²) in [6.45, 7) is 3.45. The highest BCUT2D eigenvalue weighted by Gasteiger charge is 2.09. The minimum Gasteiger partial charge on any atom is -0.465 e. The number of nitrogens with zero attached hydrogens (tertiary/aromatic N) is 1. The number of nitrogens with one attached hydrogen (secondary N) is 1. The van der Waals surface area contributed by atoms with Crippen LogP contribution in [-0.4, -0.2) is 16.4 Å². The van der Waals surface area contributed by atoms with Gasteiger partial charge in [0, 0.05) is 5.56 Å². The van der Waals surface area contributed by atoms with E-state index in [1.807, 2.05) is 0 Å². The molecule has 0 aliphatic heterocycles. The number of anilines is 1. The third-order valence-electron chi connectivity index (χ3n) is 1.38. The van der Waals surface area contributed by atoms with Gasteiger partial charge in [-0.3, -0.25) is 5.32 Å². The molecule has 1 rings (SSSR count). The quantitative estimate of drug-likeness (QED) is 0.644. The van der Waals surface area contributed by atoms with Gasteiger partial charge in [-0.15, -0.1) is 0 Å². The lowest BCUT2D eigenvalue weighted by atomic mass is 10.3. The van der Waals surface area contributed by atoms with Crippen molar-refractivity contribution in [3.8, 4) is 0 Å². The van der Waals surface area contributed by atoms with E-state index in [9.17, 15) is 4.79 Å². The fourth-order valence-corrected chi connectivity index (χ4v) is 0.636. The Balaban J connectivity index is 2.87. The third-order valence-corrected chi connectivity index (χ3v) is 1.38. The van der Waals surface area contributed by atoms with Gasteiger partial charge in [-0.2, -0.15) is 0 Å². The molecular weight excluding hydrogens is 148 g/mol. The van der Waals surface area contributed by atoms with E-state index in [-0.39, 0.29) is 5.82 Å². The molecule has 5 heteroatoms. The van der Waals surface area contributed by atoms with Crippen molar-refractivity contribution in [3.63, 3.8) is 0 Å². The first-order chi connectivity index (χ1) is 5.11. The highest BCUT2D eigenvalue weighted by Crippen LogP contribution is 2.15. The molecule has 0 fully saturated rings. The summed E-state index contributed by atoms with van der Waals surface area (Å²) in [5.74, 6) is 0.878. The Morgan fingerprint density at radius 2 is 2.27 bits per heavy atom. The monoisotopic (exact) mass is 156 g/mol. The topological polar surface area (TPSA) is 75.4 Å². The van der Waals surface area contributed by atoms with E-state index in [0.29, 0.717) is 11.3 Å². The number of aryl methyl sites for hydroxylation is 1. The van der Waals surface area contributed by atoms with Crippen LogP contribution in [0, 0.1) is 13.8 Å². The smallest absolute Gasteiger partial charge is 0.410 e. The first-order valence-corrected chi connectivity index (χ1v) is 3.04. The van der Waals surface area contributed by atoms with E-state index >= 15 is 0 Å². The summed E-state index contributed by atoms with van der Waals surface area (Å²) in [6.07, 6.45) is -1.14. The molecule has 11 heavy (non-hydrogen) atoms. The second-order valence-electron chi connectivity index (χ2n) is 2.14. The van der Waals surface area contributed by atoms with Crippen molar-refractivity contribution in [3.05, 3.63) is 11.3 Å². The van der Waals surface area contributed by atoms with Crippen LogP contribution in [0.5, 0.6) is 0 Å². The highest BCUT2D eigenvalue weighted by atomic mass is 16.5. The summed E-state index contributed by atoms with van der Waals surface area (Å²) >= 11 is 0. The molecule has 0 radical (unpaired) electrons. The molecule has 1 amide bonds. The molecule has 60 valence electrons. The minimum atomic E-state index is -1.14. The maximum absolute atomic E-state index is 10.1. The van der Waals surface area contributed by atoms with Crippen molar-refractivity contribution in [2.75, 3.05) is 5.32 Å². The van der Waals surface area contributed by atoms with E-state index < -0.39 is 6.09 Å². The Hall–Kier alpha value is -1.52. The van der Waals surface area contributed by atoms with Gasteiger partial charge in [0.1, 0.15) is 5.76 Å². The molecule has 1 heterocycles.